The first-order chi connectivity index (χ1) is 9.31. The van der Waals surface area contributed by atoms with Crippen molar-refractivity contribution < 1.29 is 9.53 Å². The molecule has 0 saturated carbocycles. The Morgan fingerprint density at radius 2 is 2.53 bits per heavy atom. The number of aromatic nitrogens is 1. The zero-order chi connectivity index (χ0) is 13.5. The van der Waals surface area contributed by atoms with Gasteiger partial charge in [0.2, 0.25) is 0 Å². The highest BCUT2D eigenvalue weighted by molar-refractivity contribution is 5.93. The maximum Gasteiger partial charge on any atom is 0.255 e. The molecule has 0 aliphatic carbocycles. The highest BCUT2D eigenvalue weighted by atomic mass is 16.5. The number of nitrogens with one attached hydrogen (secondary N) is 1. The monoisotopic (exact) mass is 263 g/mol. The summed E-state index contributed by atoms with van der Waals surface area (Å²) in [6, 6.07) is 3.99. The number of amides is 1. The molecular formula is C14H21N3O2. The Morgan fingerprint density at radius 1 is 1.63 bits per heavy atom. The van der Waals surface area contributed by atoms with Crippen LogP contribution in [0.3, 0.4) is 0 Å². The van der Waals surface area contributed by atoms with Crippen LogP contribution in [0.15, 0.2) is 24.5 Å². The number of hydrogen-bond donors (Lipinski definition) is 1. The van der Waals surface area contributed by atoms with E-state index in [1.807, 2.05) is 4.90 Å². The van der Waals surface area contributed by atoms with Crippen molar-refractivity contribution in [2.45, 2.75) is 18.9 Å². The molecule has 0 bridgehead atoms. The van der Waals surface area contributed by atoms with Gasteiger partial charge in [0.15, 0.2) is 0 Å². The second kappa shape index (κ2) is 7.21. The number of ether oxygens (including phenoxy) is 1. The normalized spacial score (nSPS) is 18.5. The molecule has 1 unspecified atom stereocenters. The zero-order valence-electron chi connectivity index (χ0n) is 11.3. The second-order valence-electron chi connectivity index (χ2n) is 4.78. The van der Waals surface area contributed by atoms with Gasteiger partial charge in [-0.15, -0.1) is 0 Å². The SMILES string of the molecule is COCCN(CC1CCCN1)C(=O)c1cccnc1. The molecule has 0 spiro atoms. The van der Waals surface area contributed by atoms with Gasteiger partial charge in [-0.1, -0.05) is 0 Å². The van der Waals surface area contributed by atoms with Gasteiger partial charge < -0.3 is 15.0 Å². The second-order valence-corrected chi connectivity index (χ2v) is 4.78. The lowest BCUT2D eigenvalue weighted by atomic mass is 10.2. The molecule has 0 radical (unpaired) electrons. The van der Waals surface area contributed by atoms with E-state index in [-0.39, 0.29) is 5.91 Å². The number of carbonyl (C=O) groups is 1. The molecule has 1 fully saturated rings. The summed E-state index contributed by atoms with van der Waals surface area (Å²) in [7, 11) is 1.65. The van der Waals surface area contributed by atoms with E-state index >= 15 is 0 Å². The fourth-order valence-electron chi connectivity index (χ4n) is 2.33. The van der Waals surface area contributed by atoms with Crippen LogP contribution in [0.5, 0.6) is 0 Å². The Hall–Kier alpha value is -1.46. The topological polar surface area (TPSA) is 54.5 Å². The van der Waals surface area contributed by atoms with Crippen molar-refractivity contribution in [2.24, 2.45) is 0 Å². The number of rotatable bonds is 6. The molecule has 1 aromatic rings. The lowest BCUT2D eigenvalue weighted by molar-refractivity contribution is 0.0679. The van der Waals surface area contributed by atoms with Crippen LogP contribution in [0.1, 0.15) is 23.2 Å². The van der Waals surface area contributed by atoms with Crippen LogP contribution in [0, 0.1) is 0 Å². The molecule has 5 nitrogen and oxygen atoms in total. The van der Waals surface area contributed by atoms with Crippen LogP contribution in [-0.2, 0) is 4.74 Å². The van der Waals surface area contributed by atoms with Gasteiger partial charge in [0.05, 0.1) is 12.2 Å². The molecule has 1 aliphatic heterocycles. The van der Waals surface area contributed by atoms with Crippen LogP contribution in [0.25, 0.3) is 0 Å². The molecule has 1 saturated heterocycles. The standard InChI is InChI=1S/C14H21N3O2/c1-19-9-8-17(11-13-5-3-7-16-13)14(18)12-4-2-6-15-10-12/h2,4,6,10,13,16H,3,5,7-9,11H2,1H3. The van der Waals surface area contributed by atoms with Crippen molar-refractivity contribution in [3.63, 3.8) is 0 Å². The summed E-state index contributed by atoms with van der Waals surface area (Å²) in [4.78, 5) is 18.3. The highest BCUT2D eigenvalue weighted by Gasteiger charge is 2.22. The highest BCUT2D eigenvalue weighted by Crippen LogP contribution is 2.10. The largest absolute Gasteiger partial charge is 0.383 e. The van der Waals surface area contributed by atoms with Crippen molar-refractivity contribution in [1.29, 1.82) is 0 Å². The quantitative estimate of drug-likeness (QED) is 0.829. The van der Waals surface area contributed by atoms with E-state index in [2.05, 4.69) is 10.3 Å². The smallest absolute Gasteiger partial charge is 0.255 e. The van der Waals surface area contributed by atoms with Gasteiger partial charge in [0, 0.05) is 38.6 Å². The van der Waals surface area contributed by atoms with E-state index in [0.717, 1.165) is 19.5 Å². The molecule has 2 rings (SSSR count). The van der Waals surface area contributed by atoms with Crippen LogP contribution in [0.4, 0.5) is 0 Å². The van der Waals surface area contributed by atoms with Gasteiger partial charge in [0.25, 0.3) is 5.91 Å². The Labute approximate surface area is 114 Å². The number of pyridine rings is 1. The third kappa shape index (κ3) is 4.01. The lowest BCUT2D eigenvalue weighted by Gasteiger charge is -2.25. The first-order valence-corrected chi connectivity index (χ1v) is 6.73. The molecule has 1 N–H and O–H groups in total. The minimum atomic E-state index is 0.0267. The van der Waals surface area contributed by atoms with Gasteiger partial charge >= 0.3 is 0 Å². The van der Waals surface area contributed by atoms with Crippen molar-refractivity contribution >= 4 is 5.91 Å². The predicted octanol–water partition coefficient (Wildman–Crippen LogP) is 0.922. The average Bonchev–Trinajstić information content (AvgIpc) is 2.96. The summed E-state index contributed by atoms with van der Waals surface area (Å²) < 4.78 is 5.09. The van der Waals surface area contributed by atoms with Crippen molar-refractivity contribution in [2.75, 3.05) is 33.4 Å². The summed E-state index contributed by atoms with van der Waals surface area (Å²) in [6.45, 7) is 2.95. The predicted molar refractivity (Wildman–Crippen MR) is 73.0 cm³/mol. The van der Waals surface area contributed by atoms with Gasteiger partial charge in [0.1, 0.15) is 0 Å². The number of nitrogens with zero attached hydrogens (tertiary/aromatic N) is 2. The molecule has 1 amide bonds. The van der Waals surface area contributed by atoms with Crippen LogP contribution >= 0.6 is 0 Å². The summed E-state index contributed by atoms with van der Waals surface area (Å²) in [5.74, 6) is 0.0267. The van der Waals surface area contributed by atoms with E-state index in [0.29, 0.717) is 24.8 Å². The molecule has 5 heteroatoms. The maximum atomic E-state index is 12.4. The first-order valence-electron chi connectivity index (χ1n) is 6.73. The molecule has 1 aliphatic rings. The first kappa shape index (κ1) is 14.0. The Bertz CT molecular complexity index is 391. The van der Waals surface area contributed by atoms with Gasteiger partial charge in [-0.2, -0.15) is 0 Å². The van der Waals surface area contributed by atoms with E-state index in [9.17, 15) is 4.79 Å². The van der Waals surface area contributed by atoms with Gasteiger partial charge in [-0.25, -0.2) is 0 Å². The maximum absolute atomic E-state index is 12.4. The molecular weight excluding hydrogens is 242 g/mol. The minimum absolute atomic E-state index is 0.0267. The third-order valence-corrected chi connectivity index (χ3v) is 3.36. The minimum Gasteiger partial charge on any atom is -0.383 e. The Balaban J connectivity index is 2.01. The molecule has 104 valence electrons. The fraction of sp³-hybridized carbons (Fsp3) is 0.571. The Morgan fingerprint density at radius 3 is 3.16 bits per heavy atom. The van der Waals surface area contributed by atoms with Gasteiger partial charge in [-0.05, 0) is 31.5 Å². The van der Waals surface area contributed by atoms with E-state index in [1.54, 1.807) is 31.6 Å². The molecule has 2 heterocycles. The van der Waals surface area contributed by atoms with E-state index in [1.165, 1.54) is 6.42 Å². The lowest BCUT2D eigenvalue weighted by Crippen LogP contribution is -2.42. The summed E-state index contributed by atoms with van der Waals surface area (Å²) in [5.41, 5.74) is 0.636. The number of carbonyl (C=O) groups excluding carboxylic acids is 1. The Kier molecular flexibility index (Phi) is 5.30. The van der Waals surface area contributed by atoms with Crippen LogP contribution in [0.2, 0.25) is 0 Å². The van der Waals surface area contributed by atoms with Crippen molar-refractivity contribution in [3.8, 4) is 0 Å². The molecule has 1 atom stereocenters. The summed E-state index contributed by atoms with van der Waals surface area (Å²) >= 11 is 0. The summed E-state index contributed by atoms with van der Waals surface area (Å²) in [6.07, 6.45) is 5.60. The van der Waals surface area contributed by atoms with E-state index < -0.39 is 0 Å². The van der Waals surface area contributed by atoms with Crippen LogP contribution in [-0.4, -0.2) is 55.2 Å². The number of methoxy groups -OCH3 is 1. The fourth-order valence-corrected chi connectivity index (χ4v) is 2.33. The summed E-state index contributed by atoms with van der Waals surface area (Å²) in [5, 5.41) is 3.42. The zero-order valence-corrected chi connectivity index (χ0v) is 11.3. The number of hydrogen-bond acceptors (Lipinski definition) is 4. The van der Waals surface area contributed by atoms with Crippen molar-refractivity contribution in [1.82, 2.24) is 15.2 Å². The van der Waals surface area contributed by atoms with Gasteiger partial charge in [-0.3, -0.25) is 9.78 Å². The van der Waals surface area contributed by atoms with Crippen LogP contribution < -0.4 is 5.32 Å². The third-order valence-electron chi connectivity index (χ3n) is 3.36. The molecule has 1 aromatic heterocycles. The average molecular weight is 263 g/mol. The van der Waals surface area contributed by atoms with E-state index in [4.69, 9.17) is 4.74 Å². The molecule has 19 heavy (non-hydrogen) atoms. The molecule has 0 aromatic carbocycles. The van der Waals surface area contributed by atoms with Crippen molar-refractivity contribution in [3.05, 3.63) is 30.1 Å².